The molecule has 0 aromatic rings. The smallest absolute Gasteiger partial charge is 0.168 e. The maximum Gasteiger partial charge on any atom is 0.168 e. The number of hydrogen-bond donors (Lipinski definition) is 1. The van der Waals surface area contributed by atoms with Crippen molar-refractivity contribution in [2.45, 2.75) is 56.6 Å². The number of ether oxygens (including phenoxy) is 2. The van der Waals surface area contributed by atoms with Crippen molar-refractivity contribution in [1.29, 1.82) is 0 Å². The van der Waals surface area contributed by atoms with Crippen molar-refractivity contribution in [2.24, 2.45) is 0 Å². The molecular weight excluding hydrogens is 199 g/mol. The van der Waals surface area contributed by atoms with E-state index in [0.29, 0.717) is 6.61 Å². The summed E-state index contributed by atoms with van der Waals surface area (Å²) >= 11 is 0. The van der Waals surface area contributed by atoms with Crippen molar-refractivity contribution >= 4 is 0 Å². The molecule has 1 aliphatic heterocycles. The number of aliphatic hydroxyl groups excluding tert-OH is 1. The van der Waals surface area contributed by atoms with Gasteiger partial charge in [-0.25, -0.2) is 4.39 Å². The first-order valence-corrected chi connectivity index (χ1v) is 5.81. The van der Waals surface area contributed by atoms with Crippen LogP contribution in [0.2, 0.25) is 0 Å². The Morgan fingerprint density at radius 1 is 1.33 bits per heavy atom. The van der Waals surface area contributed by atoms with Crippen LogP contribution in [0.3, 0.4) is 0 Å². The Morgan fingerprint density at radius 2 is 2.07 bits per heavy atom. The number of hydrogen-bond acceptors (Lipinski definition) is 3. The third kappa shape index (κ3) is 2.68. The van der Waals surface area contributed by atoms with E-state index in [1.165, 1.54) is 6.42 Å². The van der Waals surface area contributed by atoms with Crippen LogP contribution in [0.1, 0.15) is 38.5 Å². The van der Waals surface area contributed by atoms with Crippen LogP contribution in [-0.2, 0) is 9.47 Å². The van der Waals surface area contributed by atoms with E-state index in [4.69, 9.17) is 14.6 Å². The van der Waals surface area contributed by atoms with Gasteiger partial charge in [0.25, 0.3) is 0 Å². The molecule has 2 rings (SSSR count). The van der Waals surface area contributed by atoms with E-state index >= 15 is 0 Å². The Hall–Kier alpha value is -0.190. The average molecular weight is 218 g/mol. The molecule has 1 spiro atoms. The largest absolute Gasteiger partial charge is 0.393 e. The first-order valence-electron chi connectivity index (χ1n) is 5.81. The summed E-state index contributed by atoms with van der Waals surface area (Å²) < 4.78 is 24.4. The average Bonchev–Trinajstić information content (AvgIpc) is 2.62. The summed E-state index contributed by atoms with van der Waals surface area (Å²) in [6.07, 6.45) is 4.25. The Bertz CT molecular complexity index is 204. The lowest BCUT2D eigenvalue weighted by atomic mass is 9.94. The maximum absolute atomic E-state index is 13.0. The molecule has 1 heterocycles. The van der Waals surface area contributed by atoms with Crippen LogP contribution in [0.4, 0.5) is 4.39 Å². The topological polar surface area (TPSA) is 38.7 Å². The summed E-state index contributed by atoms with van der Waals surface area (Å²) in [5.74, 6) is -0.419. The van der Waals surface area contributed by atoms with E-state index in [-0.39, 0.29) is 12.5 Å². The van der Waals surface area contributed by atoms with Crippen molar-refractivity contribution in [1.82, 2.24) is 0 Å². The maximum atomic E-state index is 13.0. The van der Waals surface area contributed by atoms with Gasteiger partial charge in [0.05, 0.1) is 19.3 Å². The molecule has 1 saturated heterocycles. The fourth-order valence-corrected chi connectivity index (χ4v) is 2.45. The van der Waals surface area contributed by atoms with E-state index in [9.17, 15) is 4.39 Å². The molecule has 1 aliphatic carbocycles. The molecule has 3 nitrogen and oxygen atoms in total. The summed E-state index contributed by atoms with van der Waals surface area (Å²) in [4.78, 5) is 0. The predicted molar refractivity (Wildman–Crippen MR) is 53.2 cm³/mol. The molecule has 1 N–H and O–H groups in total. The number of aliphatic hydroxyl groups is 1. The van der Waals surface area contributed by atoms with Gasteiger partial charge in [0.1, 0.15) is 6.17 Å². The van der Waals surface area contributed by atoms with E-state index in [0.717, 1.165) is 25.7 Å². The molecule has 1 saturated carbocycles. The van der Waals surface area contributed by atoms with Gasteiger partial charge in [-0.15, -0.1) is 0 Å². The van der Waals surface area contributed by atoms with Crippen molar-refractivity contribution in [3.8, 4) is 0 Å². The van der Waals surface area contributed by atoms with Gasteiger partial charge in [-0.2, -0.15) is 0 Å². The van der Waals surface area contributed by atoms with Gasteiger partial charge >= 0.3 is 0 Å². The molecule has 2 fully saturated rings. The van der Waals surface area contributed by atoms with Crippen LogP contribution in [0.5, 0.6) is 0 Å². The van der Waals surface area contributed by atoms with Crippen molar-refractivity contribution in [2.75, 3.05) is 13.2 Å². The van der Waals surface area contributed by atoms with Crippen molar-refractivity contribution < 1.29 is 19.0 Å². The summed E-state index contributed by atoms with van der Waals surface area (Å²) in [6, 6.07) is 0. The Morgan fingerprint density at radius 3 is 2.73 bits per heavy atom. The van der Waals surface area contributed by atoms with Gasteiger partial charge in [0.2, 0.25) is 0 Å². The summed E-state index contributed by atoms with van der Waals surface area (Å²) in [5, 5.41) is 8.63. The normalized spacial score (nSPS) is 32.0. The van der Waals surface area contributed by atoms with E-state index in [1.54, 1.807) is 0 Å². The second kappa shape index (κ2) is 4.76. The lowest BCUT2D eigenvalue weighted by Crippen LogP contribution is -2.33. The van der Waals surface area contributed by atoms with Gasteiger partial charge in [-0.3, -0.25) is 0 Å². The SMILES string of the molecule is OCC(F)CC1COC2(CCCCC2)O1. The highest BCUT2D eigenvalue weighted by Gasteiger charge is 2.42. The van der Waals surface area contributed by atoms with Gasteiger partial charge < -0.3 is 14.6 Å². The van der Waals surface area contributed by atoms with Crippen LogP contribution in [0.25, 0.3) is 0 Å². The lowest BCUT2D eigenvalue weighted by Gasteiger charge is -2.31. The lowest BCUT2D eigenvalue weighted by molar-refractivity contribution is -0.188. The monoisotopic (exact) mass is 218 g/mol. The summed E-state index contributed by atoms with van der Waals surface area (Å²) in [6.45, 7) is 0.0489. The van der Waals surface area contributed by atoms with E-state index in [1.807, 2.05) is 0 Å². The molecule has 0 aromatic carbocycles. The van der Waals surface area contributed by atoms with Gasteiger partial charge in [-0.05, 0) is 12.8 Å². The Balaban J connectivity index is 1.82. The zero-order valence-corrected chi connectivity index (χ0v) is 8.95. The molecule has 2 atom stereocenters. The highest BCUT2D eigenvalue weighted by molar-refractivity contribution is 4.83. The van der Waals surface area contributed by atoms with Gasteiger partial charge in [0.15, 0.2) is 5.79 Å². The minimum absolute atomic E-state index is 0.176. The predicted octanol–water partition coefficient (Wildman–Crippen LogP) is 1.78. The van der Waals surface area contributed by atoms with Crippen molar-refractivity contribution in [3.63, 3.8) is 0 Å². The van der Waals surface area contributed by atoms with Crippen LogP contribution >= 0.6 is 0 Å². The molecule has 2 unspecified atom stereocenters. The molecule has 0 aromatic heterocycles. The van der Waals surface area contributed by atoms with Crippen molar-refractivity contribution in [3.05, 3.63) is 0 Å². The molecule has 88 valence electrons. The first kappa shape index (κ1) is 11.3. The van der Waals surface area contributed by atoms with Crippen LogP contribution in [0, 0.1) is 0 Å². The molecule has 15 heavy (non-hydrogen) atoms. The first-order chi connectivity index (χ1) is 7.24. The summed E-state index contributed by atoms with van der Waals surface area (Å²) in [7, 11) is 0. The van der Waals surface area contributed by atoms with Gasteiger partial charge in [0, 0.05) is 19.3 Å². The standard InChI is InChI=1S/C11H19FO3/c12-9(7-13)6-10-8-14-11(15-10)4-2-1-3-5-11/h9-10,13H,1-8H2. The highest BCUT2D eigenvalue weighted by Crippen LogP contribution is 2.38. The number of rotatable bonds is 3. The zero-order valence-electron chi connectivity index (χ0n) is 8.95. The second-order valence-electron chi connectivity index (χ2n) is 4.54. The Kier molecular flexibility index (Phi) is 3.59. The minimum atomic E-state index is -1.18. The number of halogens is 1. The summed E-state index contributed by atoms with van der Waals surface area (Å²) in [5.41, 5.74) is 0. The fraction of sp³-hybridized carbons (Fsp3) is 1.00. The quantitative estimate of drug-likeness (QED) is 0.784. The minimum Gasteiger partial charge on any atom is -0.393 e. The van der Waals surface area contributed by atoms with E-state index in [2.05, 4.69) is 0 Å². The molecule has 2 aliphatic rings. The molecular formula is C11H19FO3. The number of alkyl halides is 1. The van der Waals surface area contributed by atoms with Crippen LogP contribution < -0.4 is 0 Å². The van der Waals surface area contributed by atoms with Gasteiger partial charge in [-0.1, -0.05) is 6.42 Å². The Labute approximate surface area is 89.6 Å². The molecule has 0 bridgehead atoms. The van der Waals surface area contributed by atoms with E-state index < -0.39 is 18.6 Å². The van der Waals surface area contributed by atoms with Crippen LogP contribution in [0.15, 0.2) is 0 Å². The zero-order chi connectivity index (χ0) is 10.7. The second-order valence-corrected chi connectivity index (χ2v) is 4.54. The highest BCUT2D eigenvalue weighted by atomic mass is 19.1. The molecule has 4 heteroatoms. The third-order valence-electron chi connectivity index (χ3n) is 3.25. The third-order valence-corrected chi connectivity index (χ3v) is 3.25. The fourth-order valence-electron chi connectivity index (χ4n) is 2.45. The van der Waals surface area contributed by atoms with Crippen LogP contribution in [-0.4, -0.2) is 36.4 Å². The molecule has 0 amide bonds. The molecule has 0 radical (unpaired) electrons.